The van der Waals surface area contributed by atoms with Crippen LogP contribution in [0.5, 0.6) is 0 Å². The van der Waals surface area contributed by atoms with Crippen molar-refractivity contribution in [2.24, 2.45) is 0 Å². The molecule has 4 heteroatoms. The Morgan fingerprint density at radius 2 is 2.00 bits per heavy atom. The zero-order valence-corrected chi connectivity index (χ0v) is 12.8. The summed E-state index contributed by atoms with van der Waals surface area (Å²) in [5, 5.41) is 9.20. The number of aryl methyl sites for hydroxylation is 1. The van der Waals surface area contributed by atoms with Crippen molar-refractivity contribution in [1.82, 2.24) is 5.32 Å². The lowest BCUT2D eigenvalue weighted by molar-refractivity contribution is 0.251. The average molecular weight is 295 g/mol. The Kier molecular flexibility index (Phi) is 4.28. The van der Waals surface area contributed by atoms with Gasteiger partial charge >= 0.3 is 6.03 Å². The van der Waals surface area contributed by atoms with Crippen molar-refractivity contribution >= 4 is 17.4 Å². The molecule has 3 N–H and O–H groups in total. The smallest absolute Gasteiger partial charge is 0.319 e. The van der Waals surface area contributed by atoms with Gasteiger partial charge in [-0.2, -0.15) is 0 Å². The number of benzene rings is 2. The number of carbonyl (C=O) groups is 1. The van der Waals surface area contributed by atoms with E-state index in [1.54, 1.807) is 0 Å². The van der Waals surface area contributed by atoms with Crippen molar-refractivity contribution in [3.05, 3.63) is 59.2 Å². The molecule has 0 aromatic heterocycles. The van der Waals surface area contributed by atoms with Crippen molar-refractivity contribution < 1.29 is 4.79 Å². The summed E-state index contributed by atoms with van der Waals surface area (Å²) >= 11 is 0. The monoisotopic (exact) mass is 295 g/mol. The van der Waals surface area contributed by atoms with Gasteiger partial charge in [0.05, 0.1) is 0 Å². The molecule has 1 aliphatic heterocycles. The number of nitrogens with one attached hydrogen (secondary N) is 3. The molecule has 4 nitrogen and oxygen atoms in total. The second-order valence-corrected chi connectivity index (χ2v) is 5.65. The minimum atomic E-state index is -0.176. The predicted molar refractivity (Wildman–Crippen MR) is 90.3 cm³/mol. The molecule has 0 aliphatic carbocycles. The molecule has 0 radical (unpaired) electrons. The fraction of sp³-hybridized carbons (Fsp3) is 0.278. The summed E-state index contributed by atoms with van der Waals surface area (Å²) in [5.41, 5.74) is 5.69. The third-order valence-corrected chi connectivity index (χ3v) is 3.94. The Hall–Kier alpha value is -2.49. The van der Waals surface area contributed by atoms with Gasteiger partial charge in [0.2, 0.25) is 0 Å². The van der Waals surface area contributed by atoms with Crippen molar-refractivity contribution in [3.63, 3.8) is 0 Å². The Labute approximate surface area is 130 Å². The summed E-state index contributed by atoms with van der Waals surface area (Å²) in [5.74, 6) is 0. The molecular weight excluding hydrogens is 274 g/mol. The van der Waals surface area contributed by atoms with Gasteiger partial charge < -0.3 is 16.0 Å². The van der Waals surface area contributed by atoms with E-state index in [1.165, 1.54) is 22.4 Å². The summed E-state index contributed by atoms with van der Waals surface area (Å²) in [6, 6.07) is 13.8. The highest BCUT2D eigenvalue weighted by Crippen LogP contribution is 2.25. The van der Waals surface area contributed by atoms with Crippen molar-refractivity contribution in [1.29, 1.82) is 0 Å². The van der Waals surface area contributed by atoms with Crippen LogP contribution in [0.1, 0.15) is 23.1 Å². The number of fused-ring (bicyclic) bond motifs is 1. The Morgan fingerprint density at radius 3 is 2.82 bits per heavy atom. The van der Waals surface area contributed by atoms with Crippen LogP contribution in [0.2, 0.25) is 0 Å². The number of rotatable bonds is 3. The molecule has 22 heavy (non-hydrogen) atoms. The van der Waals surface area contributed by atoms with E-state index in [0.29, 0.717) is 6.54 Å². The summed E-state index contributed by atoms with van der Waals surface area (Å²) in [6.45, 7) is 3.59. The highest BCUT2D eigenvalue weighted by atomic mass is 16.2. The Morgan fingerprint density at radius 1 is 1.18 bits per heavy atom. The van der Waals surface area contributed by atoms with E-state index in [9.17, 15) is 4.79 Å². The topological polar surface area (TPSA) is 53.2 Å². The molecule has 0 bridgehead atoms. The number of hydrogen-bond donors (Lipinski definition) is 3. The molecule has 2 aromatic rings. The second-order valence-electron chi connectivity index (χ2n) is 5.65. The van der Waals surface area contributed by atoms with Gasteiger partial charge in [0, 0.05) is 24.5 Å². The van der Waals surface area contributed by atoms with Gasteiger partial charge in [0.15, 0.2) is 0 Å². The Balaban J connectivity index is 1.60. The molecule has 0 spiro atoms. The van der Waals surface area contributed by atoms with Gasteiger partial charge in [0.25, 0.3) is 0 Å². The first-order chi connectivity index (χ1) is 10.7. The van der Waals surface area contributed by atoms with Crippen LogP contribution in [0.15, 0.2) is 42.5 Å². The third kappa shape index (κ3) is 3.39. The van der Waals surface area contributed by atoms with Crippen LogP contribution in [-0.2, 0) is 13.0 Å². The van der Waals surface area contributed by atoms with Crippen LogP contribution in [0.3, 0.4) is 0 Å². The van der Waals surface area contributed by atoms with Gasteiger partial charge in [-0.15, -0.1) is 0 Å². The molecule has 0 atom stereocenters. The van der Waals surface area contributed by atoms with Gasteiger partial charge in [-0.25, -0.2) is 4.79 Å². The molecule has 2 amide bonds. The summed E-state index contributed by atoms with van der Waals surface area (Å²) < 4.78 is 0. The zero-order chi connectivity index (χ0) is 15.4. The van der Waals surface area contributed by atoms with E-state index in [1.807, 2.05) is 37.3 Å². The first-order valence-electron chi connectivity index (χ1n) is 7.68. The lowest BCUT2D eigenvalue weighted by Crippen LogP contribution is -2.29. The fourth-order valence-electron chi connectivity index (χ4n) is 2.74. The van der Waals surface area contributed by atoms with Crippen LogP contribution in [-0.4, -0.2) is 12.6 Å². The number of carbonyl (C=O) groups excluding carboxylic acids is 1. The van der Waals surface area contributed by atoms with E-state index in [0.717, 1.165) is 25.1 Å². The van der Waals surface area contributed by atoms with Crippen LogP contribution in [0.25, 0.3) is 0 Å². The largest absolute Gasteiger partial charge is 0.385 e. The first kappa shape index (κ1) is 14.4. The molecule has 2 aromatic carbocycles. The van der Waals surface area contributed by atoms with E-state index in [4.69, 9.17) is 0 Å². The molecule has 0 unspecified atom stereocenters. The highest BCUT2D eigenvalue weighted by molar-refractivity contribution is 5.89. The normalized spacial score (nSPS) is 13.0. The minimum absolute atomic E-state index is 0.176. The quantitative estimate of drug-likeness (QED) is 0.809. The van der Waals surface area contributed by atoms with Crippen LogP contribution in [0, 0.1) is 6.92 Å². The number of urea groups is 1. The Bertz CT molecular complexity index is 665. The lowest BCUT2D eigenvalue weighted by Gasteiger charge is -2.21. The van der Waals surface area contributed by atoms with Gasteiger partial charge in [-0.1, -0.05) is 29.8 Å². The predicted octanol–water partition coefficient (Wildman–Crippen LogP) is 3.67. The van der Waals surface area contributed by atoms with Crippen LogP contribution < -0.4 is 16.0 Å². The van der Waals surface area contributed by atoms with Crippen LogP contribution >= 0.6 is 0 Å². The lowest BCUT2D eigenvalue weighted by atomic mass is 9.97. The maximum absolute atomic E-state index is 12.0. The molecule has 0 saturated heterocycles. The number of amides is 2. The maximum Gasteiger partial charge on any atom is 0.319 e. The molecule has 114 valence electrons. The number of anilines is 2. The third-order valence-electron chi connectivity index (χ3n) is 3.94. The van der Waals surface area contributed by atoms with E-state index in [2.05, 4.69) is 28.1 Å². The number of hydrogen-bond acceptors (Lipinski definition) is 2. The first-order valence-corrected chi connectivity index (χ1v) is 7.68. The summed E-state index contributed by atoms with van der Waals surface area (Å²) in [4.78, 5) is 12.0. The molecule has 1 aliphatic rings. The second kappa shape index (κ2) is 6.52. The molecule has 0 saturated carbocycles. The summed E-state index contributed by atoms with van der Waals surface area (Å²) in [6.07, 6.45) is 2.21. The molecule has 0 fully saturated rings. The van der Waals surface area contributed by atoms with E-state index in [-0.39, 0.29) is 6.03 Å². The zero-order valence-electron chi connectivity index (χ0n) is 12.8. The van der Waals surface area contributed by atoms with E-state index < -0.39 is 0 Å². The standard InChI is InChI=1S/C18H21N3O/c1-13-7-9-15(10-8-13)21-18(22)20-12-14-4-2-6-17-16(14)5-3-11-19-17/h2,4,6-10,19H,3,5,11-12H2,1H3,(H2,20,21,22). The minimum Gasteiger partial charge on any atom is -0.385 e. The maximum atomic E-state index is 12.0. The van der Waals surface area contributed by atoms with E-state index >= 15 is 0 Å². The van der Waals surface area contributed by atoms with Crippen LogP contribution in [0.4, 0.5) is 16.2 Å². The molecule has 3 rings (SSSR count). The van der Waals surface area contributed by atoms with Gasteiger partial charge in [-0.3, -0.25) is 0 Å². The van der Waals surface area contributed by atoms with Crippen molar-refractivity contribution in [3.8, 4) is 0 Å². The summed E-state index contributed by atoms with van der Waals surface area (Å²) in [7, 11) is 0. The SMILES string of the molecule is Cc1ccc(NC(=O)NCc2cccc3c2CCCN3)cc1. The van der Waals surface area contributed by atoms with Crippen molar-refractivity contribution in [2.45, 2.75) is 26.3 Å². The molecule has 1 heterocycles. The average Bonchev–Trinajstić information content (AvgIpc) is 2.55. The highest BCUT2D eigenvalue weighted by Gasteiger charge is 2.12. The fourth-order valence-corrected chi connectivity index (χ4v) is 2.74. The molecular formula is C18H21N3O. The van der Waals surface area contributed by atoms with Gasteiger partial charge in [0.1, 0.15) is 0 Å². The van der Waals surface area contributed by atoms with Crippen molar-refractivity contribution in [2.75, 3.05) is 17.2 Å². The van der Waals surface area contributed by atoms with Gasteiger partial charge in [-0.05, 0) is 49.1 Å².